The molecule has 0 aromatic rings. The Morgan fingerprint density at radius 1 is 1.00 bits per heavy atom. The normalized spacial score (nSPS) is 44.4. The van der Waals surface area contributed by atoms with E-state index in [4.69, 9.17) is 19.9 Å². The number of nitrogens with two attached hydrogens (primary N) is 1. The first-order valence-electron chi connectivity index (χ1n) is 17.1. The number of carbonyl (C=O) groups is 4. The van der Waals surface area contributed by atoms with E-state index in [1.54, 1.807) is 0 Å². The van der Waals surface area contributed by atoms with Crippen molar-refractivity contribution < 1.29 is 43.6 Å². The molecule has 0 spiro atoms. The van der Waals surface area contributed by atoms with E-state index < -0.39 is 70.7 Å². The van der Waals surface area contributed by atoms with Gasteiger partial charge in [-0.2, -0.15) is 0 Å². The molecule has 5 aliphatic rings. The first kappa shape index (κ1) is 34.9. The number of carboxylic acids is 2. The Morgan fingerprint density at radius 3 is 2.26 bits per heavy atom. The van der Waals surface area contributed by atoms with E-state index in [-0.39, 0.29) is 28.6 Å². The van der Waals surface area contributed by atoms with Crippen LogP contribution in [0.15, 0.2) is 11.6 Å². The van der Waals surface area contributed by atoms with Crippen molar-refractivity contribution in [2.24, 2.45) is 62.4 Å². The lowest BCUT2D eigenvalue weighted by Crippen LogP contribution is -2.70. The highest BCUT2D eigenvalue weighted by Gasteiger charge is 2.72. The fourth-order valence-electron chi connectivity index (χ4n) is 11.6. The standard InChI is InChI=1S/C36H55NO9/c1-19(2)20(3)32(5)13-14-34(7)22-9-10-26-33(6)17-44-18-36(26,23(22)11-12-35(34,8)28(32)30(41)42)16-25(45-21(4)38)29(33)46-31(43)24(37)15-27(39)40/h11,19-20,22,24-26,28-29H,9-10,12-18,37H2,1-8H3,(H,39,40)(H,41,42)/t20-,22+,24?,25-,26+,28-,29+,32-,33+,34-,35+,36-/m1/s1. The summed E-state index contributed by atoms with van der Waals surface area (Å²) in [5.74, 6) is -2.95. The zero-order chi connectivity index (χ0) is 34.2. The Hall–Kier alpha value is -2.46. The lowest BCUT2D eigenvalue weighted by atomic mass is 9.34. The van der Waals surface area contributed by atoms with Gasteiger partial charge in [0.05, 0.1) is 25.6 Å². The molecule has 10 heteroatoms. The lowest BCUT2D eigenvalue weighted by molar-refractivity contribution is -0.263. The van der Waals surface area contributed by atoms with E-state index in [1.165, 1.54) is 12.5 Å². The second kappa shape index (κ2) is 11.6. The molecule has 4 fully saturated rings. The highest BCUT2D eigenvalue weighted by Crippen LogP contribution is 2.75. The SMILES string of the molecule is CC(=O)O[C@@H]1C[C@]23COC[C@@](C)([C@@H]2CC[C@H]2C3=CC[C@@]3(C)[C@H](C(=O)O)[C@@](C)([C@H](C)C(C)C)CC[C@]23C)[C@H]1OC(=O)C(N)CC(=O)O. The fraction of sp³-hybridized carbons (Fsp3) is 0.833. The van der Waals surface area contributed by atoms with E-state index in [0.29, 0.717) is 32.0 Å². The number of hydrogen-bond donors (Lipinski definition) is 3. The topological polar surface area (TPSA) is 162 Å². The number of hydrogen-bond acceptors (Lipinski definition) is 8. The largest absolute Gasteiger partial charge is 0.481 e. The lowest BCUT2D eigenvalue weighted by Gasteiger charge is -2.71. The number of ether oxygens (including phenoxy) is 3. The summed E-state index contributed by atoms with van der Waals surface area (Å²) in [5.41, 5.74) is 4.91. The predicted molar refractivity (Wildman–Crippen MR) is 169 cm³/mol. The van der Waals surface area contributed by atoms with Crippen LogP contribution in [0.5, 0.6) is 0 Å². The molecule has 1 saturated heterocycles. The molecule has 1 unspecified atom stereocenters. The van der Waals surface area contributed by atoms with Crippen LogP contribution in [-0.4, -0.2) is 65.6 Å². The van der Waals surface area contributed by atoms with Gasteiger partial charge in [0.1, 0.15) is 18.2 Å². The van der Waals surface area contributed by atoms with Crippen molar-refractivity contribution in [2.75, 3.05) is 13.2 Å². The monoisotopic (exact) mass is 645 g/mol. The van der Waals surface area contributed by atoms with E-state index in [9.17, 15) is 29.4 Å². The van der Waals surface area contributed by atoms with Crippen LogP contribution in [0.2, 0.25) is 0 Å². The van der Waals surface area contributed by atoms with Gasteiger partial charge < -0.3 is 30.2 Å². The molecule has 0 aromatic heterocycles. The van der Waals surface area contributed by atoms with Crippen molar-refractivity contribution in [1.29, 1.82) is 0 Å². The number of fused-ring (bicyclic) bond motifs is 3. The Balaban J connectivity index is 1.57. The van der Waals surface area contributed by atoms with E-state index in [2.05, 4.69) is 47.6 Å². The third kappa shape index (κ3) is 4.94. The average molecular weight is 646 g/mol. The van der Waals surface area contributed by atoms with Crippen molar-refractivity contribution in [3.63, 3.8) is 0 Å². The number of esters is 2. The van der Waals surface area contributed by atoms with E-state index >= 15 is 0 Å². The van der Waals surface area contributed by atoms with Crippen LogP contribution in [0.4, 0.5) is 0 Å². The third-order valence-corrected chi connectivity index (χ3v) is 14.3. The number of aliphatic carboxylic acids is 2. The molecule has 0 amide bonds. The number of rotatable bonds is 8. The zero-order valence-electron chi connectivity index (χ0n) is 28.9. The maximum Gasteiger partial charge on any atom is 0.323 e. The number of carboxylic acid groups (broad SMARTS) is 2. The van der Waals surface area contributed by atoms with Crippen LogP contribution >= 0.6 is 0 Å². The molecule has 4 N–H and O–H groups in total. The molecular formula is C36H55NO9. The smallest absolute Gasteiger partial charge is 0.323 e. The Bertz CT molecular complexity index is 1310. The molecule has 0 aromatic carbocycles. The second-order valence-corrected chi connectivity index (χ2v) is 16.8. The van der Waals surface area contributed by atoms with Gasteiger partial charge in [-0.15, -0.1) is 0 Å². The number of allylic oxidation sites excluding steroid dienone is 1. The van der Waals surface area contributed by atoms with Crippen molar-refractivity contribution in [3.05, 3.63) is 11.6 Å². The highest BCUT2D eigenvalue weighted by molar-refractivity contribution is 5.82. The molecule has 2 bridgehead atoms. The summed E-state index contributed by atoms with van der Waals surface area (Å²) in [6.07, 6.45) is 4.64. The van der Waals surface area contributed by atoms with Crippen molar-refractivity contribution in [3.8, 4) is 0 Å². The minimum Gasteiger partial charge on any atom is -0.481 e. The van der Waals surface area contributed by atoms with Crippen molar-refractivity contribution in [2.45, 2.75) is 119 Å². The van der Waals surface area contributed by atoms with E-state index in [0.717, 1.165) is 25.7 Å². The maximum absolute atomic E-state index is 13.3. The summed E-state index contributed by atoms with van der Waals surface area (Å²) in [4.78, 5) is 50.1. The quantitative estimate of drug-likeness (QED) is 0.236. The third-order valence-electron chi connectivity index (χ3n) is 14.3. The van der Waals surface area contributed by atoms with Gasteiger partial charge in [0.15, 0.2) is 0 Å². The first-order valence-corrected chi connectivity index (χ1v) is 17.1. The maximum atomic E-state index is 13.3. The van der Waals surface area contributed by atoms with Gasteiger partial charge in [0.25, 0.3) is 0 Å². The van der Waals surface area contributed by atoms with Gasteiger partial charge in [-0.1, -0.05) is 60.1 Å². The molecule has 258 valence electrons. The Kier molecular flexibility index (Phi) is 8.79. The van der Waals surface area contributed by atoms with Gasteiger partial charge in [0, 0.05) is 17.8 Å². The van der Waals surface area contributed by atoms with Gasteiger partial charge in [-0.3, -0.25) is 19.2 Å². The Morgan fingerprint density at radius 2 is 1.67 bits per heavy atom. The van der Waals surface area contributed by atoms with Crippen LogP contribution in [0.3, 0.4) is 0 Å². The van der Waals surface area contributed by atoms with Crippen LogP contribution in [-0.2, 0) is 33.4 Å². The molecule has 1 aliphatic heterocycles. The molecule has 4 aliphatic carbocycles. The minimum atomic E-state index is -1.35. The molecule has 10 nitrogen and oxygen atoms in total. The summed E-state index contributed by atoms with van der Waals surface area (Å²) in [7, 11) is 0. The highest BCUT2D eigenvalue weighted by atomic mass is 16.6. The number of carbonyl (C=O) groups excluding carboxylic acids is 2. The fourth-order valence-corrected chi connectivity index (χ4v) is 11.6. The average Bonchev–Trinajstić information content (AvgIpc) is 2.94. The molecule has 12 atom stereocenters. The molecule has 46 heavy (non-hydrogen) atoms. The summed E-state index contributed by atoms with van der Waals surface area (Å²) in [6.45, 7) is 17.4. The second-order valence-electron chi connectivity index (χ2n) is 16.8. The van der Waals surface area contributed by atoms with Gasteiger partial charge in [-0.05, 0) is 78.4 Å². The van der Waals surface area contributed by atoms with E-state index in [1.807, 2.05) is 6.92 Å². The van der Waals surface area contributed by atoms with Crippen LogP contribution < -0.4 is 5.73 Å². The van der Waals surface area contributed by atoms with Gasteiger partial charge in [0.2, 0.25) is 0 Å². The molecule has 0 radical (unpaired) electrons. The minimum absolute atomic E-state index is 0.0506. The zero-order valence-corrected chi connectivity index (χ0v) is 28.9. The first-order chi connectivity index (χ1) is 21.3. The van der Waals surface area contributed by atoms with Gasteiger partial charge >= 0.3 is 23.9 Å². The van der Waals surface area contributed by atoms with Crippen LogP contribution in [0.1, 0.15) is 100 Å². The van der Waals surface area contributed by atoms with Crippen molar-refractivity contribution >= 4 is 23.9 Å². The molecular weight excluding hydrogens is 590 g/mol. The summed E-state index contributed by atoms with van der Waals surface area (Å²) in [6, 6.07) is -1.35. The summed E-state index contributed by atoms with van der Waals surface area (Å²) in [5, 5.41) is 20.1. The predicted octanol–water partition coefficient (Wildman–Crippen LogP) is 5.22. The van der Waals surface area contributed by atoms with Crippen LogP contribution in [0, 0.1) is 56.7 Å². The molecule has 3 saturated carbocycles. The molecule has 1 heterocycles. The summed E-state index contributed by atoms with van der Waals surface area (Å²) >= 11 is 0. The van der Waals surface area contributed by atoms with Crippen molar-refractivity contribution in [1.82, 2.24) is 0 Å². The summed E-state index contributed by atoms with van der Waals surface area (Å²) < 4.78 is 18.3. The van der Waals surface area contributed by atoms with Gasteiger partial charge in [-0.25, -0.2) is 0 Å². The molecule has 5 rings (SSSR count). The van der Waals surface area contributed by atoms with Crippen LogP contribution in [0.25, 0.3) is 0 Å². The Labute approximate surface area is 273 Å².